The molecule has 1 aromatic carbocycles. The molecule has 0 aliphatic carbocycles. The zero-order valence-electron chi connectivity index (χ0n) is 13.9. The summed E-state index contributed by atoms with van der Waals surface area (Å²) < 4.78 is 24.8. The van der Waals surface area contributed by atoms with Gasteiger partial charge in [-0.25, -0.2) is 8.42 Å². The summed E-state index contributed by atoms with van der Waals surface area (Å²) >= 11 is 0. The highest BCUT2D eigenvalue weighted by Crippen LogP contribution is 2.15. The van der Waals surface area contributed by atoms with Gasteiger partial charge < -0.3 is 10.2 Å². The number of likely N-dealkylation sites (tertiary alicyclic amines) is 1. The molecule has 0 saturated carbocycles. The summed E-state index contributed by atoms with van der Waals surface area (Å²) in [5.74, 6) is 0.779. The van der Waals surface area contributed by atoms with E-state index < -0.39 is 9.84 Å². The van der Waals surface area contributed by atoms with Gasteiger partial charge in [0, 0.05) is 12.6 Å². The fourth-order valence-electron chi connectivity index (χ4n) is 3.04. The molecule has 1 aliphatic rings. The number of hydrogen-bond acceptors (Lipinski definition) is 4. The fourth-order valence-corrected chi connectivity index (χ4v) is 4.56. The van der Waals surface area contributed by atoms with E-state index in [9.17, 15) is 8.42 Å². The van der Waals surface area contributed by atoms with Crippen molar-refractivity contribution in [3.05, 3.63) is 29.8 Å². The fraction of sp³-hybridized carbons (Fsp3) is 0.647. The Morgan fingerprint density at radius 2 is 2.00 bits per heavy atom. The van der Waals surface area contributed by atoms with Gasteiger partial charge in [-0.3, -0.25) is 0 Å². The normalized spacial score (nSPS) is 21.7. The third-order valence-corrected chi connectivity index (χ3v) is 6.26. The van der Waals surface area contributed by atoms with E-state index in [1.54, 1.807) is 12.1 Å². The van der Waals surface area contributed by atoms with Crippen LogP contribution in [0.4, 0.5) is 0 Å². The molecule has 0 aromatic heterocycles. The molecule has 4 nitrogen and oxygen atoms in total. The van der Waals surface area contributed by atoms with E-state index in [1.807, 2.05) is 26.0 Å². The molecule has 2 atom stereocenters. The first-order valence-corrected chi connectivity index (χ1v) is 9.73. The average molecular weight is 324 g/mol. The topological polar surface area (TPSA) is 49.4 Å². The molecule has 1 fully saturated rings. The van der Waals surface area contributed by atoms with Gasteiger partial charge in [0.05, 0.1) is 10.6 Å². The highest BCUT2D eigenvalue weighted by atomic mass is 32.2. The number of benzene rings is 1. The molecule has 1 aromatic rings. The van der Waals surface area contributed by atoms with Gasteiger partial charge in [-0.05, 0) is 64.9 Å². The van der Waals surface area contributed by atoms with E-state index in [-0.39, 0.29) is 11.8 Å². The zero-order chi connectivity index (χ0) is 16.2. The number of aryl methyl sites for hydroxylation is 1. The Bertz CT molecular complexity index is 569. The van der Waals surface area contributed by atoms with Crippen LogP contribution in [0.2, 0.25) is 0 Å². The van der Waals surface area contributed by atoms with Crippen LogP contribution >= 0.6 is 0 Å². The maximum absolute atomic E-state index is 12.4. The number of nitrogens with one attached hydrogen (secondary N) is 1. The number of hydrogen-bond donors (Lipinski definition) is 1. The summed E-state index contributed by atoms with van der Waals surface area (Å²) in [4.78, 5) is 2.77. The predicted octanol–water partition coefficient (Wildman–Crippen LogP) is 2.09. The molecule has 5 heteroatoms. The Balaban J connectivity index is 1.85. The van der Waals surface area contributed by atoms with Crippen LogP contribution in [0, 0.1) is 12.8 Å². The van der Waals surface area contributed by atoms with E-state index >= 15 is 0 Å². The van der Waals surface area contributed by atoms with Gasteiger partial charge in [0.25, 0.3) is 0 Å². The number of piperidine rings is 1. The van der Waals surface area contributed by atoms with Crippen LogP contribution in [0.3, 0.4) is 0 Å². The maximum Gasteiger partial charge on any atom is 0.179 e. The van der Waals surface area contributed by atoms with E-state index in [4.69, 9.17) is 0 Å². The van der Waals surface area contributed by atoms with Crippen LogP contribution in [-0.2, 0) is 9.84 Å². The van der Waals surface area contributed by atoms with Crippen LogP contribution in [-0.4, -0.2) is 51.8 Å². The molecule has 0 bridgehead atoms. The lowest BCUT2D eigenvalue weighted by Gasteiger charge is -2.30. The van der Waals surface area contributed by atoms with Crippen molar-refractivity contribution in [1.82, 2.24) is 10.2 Å². The molecule has 0 radical (unpaired) electrons. The van der Waals surface area contributed by atoms with Crippen LogP contribution < -0.4 is 5.32 Å². The molecule has 2 unspecified atom stereocenters. The summed E-state index contributed by atoms with van der Waals surface area (Å²) in [6, 6.07) is 7.07. The van der Waals surface area contributed by atoms with Gasteiger partial charge in [0.15, 0.2) is 9.84 Å². The van der Waals surface area contributed by atoms with E-state index in [2.05, 4.69) is 17.3 Å². The maximum atomic E-state index is 12.4. The summed E-state index contributed by atoms with van der Waals surface area (Å²) in [6.45, 7) is 7.09. The lowest BCUT2D eigenvalue weighted by molar-refractivity contribution is 0.204. The molecular formula is C17H28N2O2S. The summed E-state index contributed by atoms with van der Waals surface area (Å²) in [5, 5.41) is 3.40. The average Bonchev–Trinajstić information content (AvgIpc) is 2.45. The number of nitrogens with zero attached hydrogens (tertiary/aromatic N) is 1. The van der Waals surface area contributed by atoms with Crippen molar-refractivity contribution in [2.75, 3.05) is 32.4 Å². The minimum absolute atomic E-state index is 0.0291. The first kappa shape index (κ1) is 17.4. The molecule has 2 rings (SSSR count). The van der Waals surface area contributed by atoms with Crippen molar-refractivity contribution in [2.45, 2.75) is 37.6 Å². The largest absolute Gasteiger partial charge is 0.313 e. The predicted molar refractivity (Wildman–Crippen MR) is 90.9 cm³/mol. The highest BCUT2D eigenvalue weighted by Gasteiger charge is 2.21. The number of rotatable bonds is 6. The first-order valence-electron chi connectivity index (χ1n) is 8.08. The van der Waals surface area contributed by atoms with Crippen LogP contribution in [0.1, 0.15) is 25.3 Å². The second-order valence-corrected chi connectivity index (χ2v) is 8.71. The van der Waals surface area contributed by atoms with Gasteiger partial charge in [0.2, 0.25) is 0 Å². The molecule has 1 N–H and O–H groups in total. The zero-order valence-corrected chi connectivity index (χ0v) is 14.7. The van der Waals surface area contributed by atoms with Crippen molar-refractivity contribution in [2.24, 2.45) is 5.92 Å². The second-order valence-electron chi connectivity index (χ2n) is 6.67. The Morgan fingerprint density at radius 1 is 1.32 bits per heavy atom. The van der Waals surface area contributed by atoms with E-state index in [1.165, 1.54) is 19.4 Å². The monoisotopic (exact) mass is 324 g/mol. The van der Waals surface area contributed by atoms with Crippen molar-refractivity contribution in [1.29, 1.82) is 0 Å². The molecular weight excluding hydrogens is 296 g/mol. The van der Waals surface area contributed by atoms with E-state index in [0.717, 1.165) is 18.7 Å². The van der Waals surface area contributed by atoms with Crippen molar-refractivity contribution in [3.8, 4) is 0 Å². The van der Waals surface area contributed by atoms with Crippen LogP contribution in [0.25, 0.3) is 0 Å². The van der Waals surface area contributed by atoms with Crippen LogP contribution in [0.15, 0.2) is 29.2 Å². The molecule has 1 saturated heterocycles. The lowest BCUT2D eigenvalue weighted by Crippen LogP contribution is -2.41. The molecule has 22 heavy (non-hydrogen) atoms. The smallest absolute Gasteiger partial charge is 0.179 e. The minimum atomic E-state index is -3.21. The lowest BCUT2D eigenvalue weighted by atomic mass is 9.98. The Labute approximate surface area is 134 Å². The molecule has 1 heterocycles. The second kappa shape index (κ2) is 7.57. The van der Waals surface area contributed by atoms with Crippen molar-refractivity contribution < 1.29 is 8.42 Å². The van der Waals surface area contributed by atoms with Crippen molar-refractivity contribution >= 4 is 9.84 Å². The van der Waals surface area contributed by atoms with Gasteiger partial charge in [-0.1, -0.05) is 17.7 Å². The Kier molecular flexibility index (Phi) is 6.01. The first-order chi connectivity index (χ1) is 10.4. The Morgan fingerprint density at radius 3 is 2.64 bits per heavy atom. The van der Waals surface area contributed by atoms with Crippen LogP contribution in [0.5, 0.6) is 0 Å². The molecule has 1 aliphatic heterocycles. The van der Waals surface area contributed by atoms with Crippen molar-refractivity contribution in [3.63, 3.8) is 0 Å². The standard InChI is InChI=1S/C17H28N2O2S/c1-14-6-8-17(9-7-14)22(20,21)13-15(2)18-11-16-5-4-10-19(3)12-16/h6-9,15-16,18H,4-5,10-13H2,1-3H3. The van der Waals surface area contributed by atoms with Gasteiger partial charge in [-0.2, -0.15) is 0 Å². The summed E-state index contributed by atoms with van der Waals surface area (Å²) in [6.07, 6.45) is 2.47. The molecule has 0 amide bonds. The summed E-state index contributed by atoms with van der Waals surface area (Å²) in [7, 11) is -1.06. The minimum Gasteiger partial charge on any atom is -0.313 e. The van der Waals surface area contributed by atoms with Gasteiger partial charge in [0.1, 0.15) is 0 Å². The molecule has 124 valence electrons. The third-order valence-electron chi connectivity index (χ3n) is 4.33. The van der Waals surface area contributed by atoms with E-state index in [0.29, 0.717) is 10.8 Å². The highest BCUT2D eigenvalue weighted by molar-refractivity contribution is 7.91. The summed E-state index contributed by atoms with van der Waals surface area (Å²) in [5.41, 5.74) is 1.08. The van der Waals surface area contributed by atoms with Gasteiger partial charge in [-0.15, -0.1) is 0 Å². The third kappa shape index (κ3) is 5.07. The van der Waals surface area contributed by atoms with Gasteiger partial charge >= 0.3 is 0 Å². The SMILES string of the molecule is Cc1ccc(S(=O)(=O)CC(C)NCC2CCCN(C)C2)cc1. The molecule has 0 spiro atoms. The quantitative estimate of drug-likeness (QED) is 0.870. The Hall–Kier alpha value is -0.910. The number of sulfone groups is 1.